The molecule has 1 aliphatic heterocycles. The Bertz CT molecular complexity index is 1340. The number of anilines is 2. The fourth-order valence-corrected chi connectivity index (χ4v) is 4.96. The smallest absolute Gasteiger partial charge is 0.270 e. The molecule has 3 aromatic carbocycles. The minimum Gasteiger partial charge on any atom is -0.493 e. The van der Waals surface area contributed by atoms with Gasteiger partial charge in [-0.25, -0.2) is 0 Å². The van der Waals surface area contributed by atoms with Gasteiger partial charge in [0.25, 0.3) is 11.8 Å². The van der Waals surface area contributed by atoms with Crippen molar-refractivity contribution >= 4 is 57.6 Å². The summed E-state index contributed by atoms with van der Waals surface area (Å²) in [6.07, 6.45) is 2.70. The largest absolute Gasteiger partial charge is 0.493 e. The molecule has 3 aromatic rings. The number of thiocarbonyl (C=S) groups is 1. The monoisotopic (exact) mass is 518 g/mol. The van der Waals surface area contributed by atoms with E-state index in [9.17, 15) is 9.59 Å². The first-order chi connectivity index (χ1) is 17.4. The van der Waals surface area contributed by atoms with Crippen LogP contribution >= 0.6 is 24.0 Å². The van der Waals surface area contributed by atoms with Crippen molar-refractivity contribution in [3.8, 4) is 11.5 Å². The number of aryl methyl sites for hydroxylation is 2. The molecule has 1 saturated heterocycles. The van der Waals surface area contributed by atoms with Crippen molar-refractivity contribution in [1.29, 1.82) is 0 Å². The van der Waals surface area contributed by atoms with Crippen LogP contribution in [0.2, 0.25) is 0 Å². The van der Waals surface area contributed by atoms with Crippen molar-refractivity contribution in [3.63, 3.8) is 0 Å². The zero-order valence-electron chi connectivity index (χ0n) is 20.2. The van der Waals surface area contributed by atoms with Gasteiger partial charge in [0, 0.05) is 5.69 Å². The van der Waals surface area contributed by atoms with Crippen LogP contribution in [0.15, 0.2) is 71.6 Å². The number of hydrogen-bond donors (Lipinski definition) is 1. The van der Waals surface area contributed by atoms with Gasteiger partial charge in [0.15, 0.2) is 22.4 Å². The fourth-order valence-electron chi connectivity index (χ4n) is 3.66. The number of para-hydroxylation sites is 1. The molecule has 4 rings (SSSR count). The molecule has 0 atom stereocenters. The maximum atomic E-state index is 13.1. The molecule has 1 N–H and O–H groups in total. The molecule has 0 aliphatic carbocycles. The van der Waals surface area contributed by atoms with Crippen molar-refractivity contribution in [2.24, 2.45) is 0 Å². The number of ether oxygens (including phenoxy) is 2. The Kier molecular flexibility index (Phi) is 8.07. The highest BCUT2D eigenvalue weighted by Crippen LogP contribution is 2.37. The average Bonchev–Trinajstić information content (AvgIpc) is 3.16. The van der Waals surface area contributed by atoms with Gasteiger partial charge >= 0.3 is 0 Å². The highest BCUT2D eigenvalue weighted by molar-refractivity contribution is 8.27. The zero-order chi connectivity index (χ0) is 25.7. The third-order valence-corrected chi connectivity index (χ3v) is 6.96. The Labute approximate surface area is 220 Å². The first kappa shape index (κ1) is 25.5. The molecule has 1 heterocycles. The van der Waals surface area contributed by atoms with E-state index < -0.39 is 0 Å². The molecular weight excluding hydrogens is 492 g/mol. The zero-order valence-corrected chi connectivity index (χ0v) is 21.9. The third-order valence-electron chi connectivity index (χ3n) is 5.66. The predicted molar refractivity (Wildman–Crippen MR) is 150 cm³/mol. The van der Waals surface area contributed by atoms with E-state index in [1.165, 1.54) is 24.4 Å². The molecule has 0 aromatic heterocycles. The van der Waals surface area contributed by atoms with E-state index in [4.69, 9.17) is 21.7 Å². The molecule has 8 heteroatoms. The average molecular weight is 519 g/mol. The van der Waals surface area contributed by atoms with Crippen LogP contribution in [0.1, 0.15) is 23.6 Å². The second kappa shape index (κ2) is 11.4. The second-order valence-corrected chi connectivity index (χ2v) is 9.77. The van der Waals surface area contributed by atoms with Crippen LogP contribution in [-0.4, -0.2) is 29.9 Å². The predicted octanol–water partition coefficient (Wildman–Crippen LogP) is 5.99. The van der Waals surface area contributed by atoms with E-state index >= 15 is 0 Å². The number of benzene rings is 3. The second-order valence-electron chi connectivity index (χ2n) is 8.10. The van der Waals surface area contributed by atoms with Crippen LogP contribution in [-0.2, 0) is 16.0 Å². The lowest BCUT2D eigenvalue weighted by molar-refractivity contribution is -0.118. The van der Waals surface area contributed by atoms with Gasteiger partial charge in [-0.05, 0) is 66.4 Å². The summed E-state index contributed by atoms with van der Waals surface area (Å²) < 4.78 is 11.7. The highest BCUT2D eigenvalue weighted by Gasteiger charge is 2.33. The molecular formula is C28H26N2O4S2. The first-order valence-corrected chi connectivity index (χ1v) is 12.6. The fraction of sp³-hybridized carbons (Fsp3) is 0.179. The quantitative estimate of drug-likeness (QED) is 0.292. The van der Waals surface area contributed by atoms with Crippen molar-refractivity contribution in [2.45, 2.75) is 20.3 Å². The van der Waals surface area contributed by atoms with E-state index in [-0.39, 0.29) is 18.4 Å². The van der Waals surface area contributed by atoms with Gasteiger partial charge in [-0.3, -0.25) is 14.5 Å². The number of thioether (sulfide) groups is 1. The number of methoxy groups -OCH3 is 1. The lowest BCUT2D eigenvalue weighted by Gasteiger charge is -2.14. The van der Waals surface area contributed by atoms with Crippen molar-refractivity contribution in [3.05, 3.63) is 88.3 Å². The van der Waals surface area contributed by atoms with Crippen LogP contribution in [0.25, 0.3) is 6.08 Å². The minimum absolute atomic E-state index is 0.165. The summed E-state index contributed by atoms with van der Waals surface area (Å²) >= 11 is 6.74. The maximum Gasteiger partial charge on any atom is 0.270 e. The lowest BCUT2D eigenvalue weighted by Crippen LogP contribution is -2.27. The Morgan fingerprint density at radius 3 is 2.53 bits per heavy atom. The van der Waals surface area contributed by atoms with E-state index in [2.05, 4.69) is 12.2 Å². The van der Waals surface area contributed by atoms with Crippen LogP contribution in [0.4, 0.5) is 11.4 Å². The Hall–Kier alpha value is -3.62. The molecule has 36 heavy (non-hydrogen) atoms. The molecule has 0 unspecified atom stereocenters. The number of amides is 2. The van der Waals surface area contributed by atoms with E-state index in [1.54, 1.807) is 29.2 Å². The number of rotatable bonds is 8. The summed E-state index contributed by atoms with van der Waals surface area (Å²) in [5.41, 5.74) is 4.42. The van der Waals surface area contributed by atoms with E-state index in [0.717, 1.165) is 28.9 Å². The molecule has 0 bridgehead atoms. The normalized spacial score (nSPS) is 14.3. The molecule has 6 nitrogen and oxygen atoms in total. The first-order valence-electron chi connectivity index (χ1n) is 11.4. The number of hydrogen-bond acceptors (Lipinski definition) is 6. The van der Waals surface area contributed by atoms with Gasteiger partial charge in [0.1, 0.15) is 0 Å². The van der Waals surface area contributed by atoms with Crippen LogP contribution in [0.3, 0.4) is 0 Å². The Morgan fingerprint density at radius 2 is 1.83 bits per heavy atom. The molecule has 1 aliphatic rings. The lowest BCUT2D eigenvalue weighted by atomic mass is 10.1. The van der Waals surface area contributed by atoms with Crippen molar-refractivity contribution in [2.75, 3.05) is 23.9 Å². The van der Waals surface area contributed by atoms with Gasteiger partial charge in [-0.2, -0.15) is 0 Å². The van der Waals surface area contributed by atoms with Gasteiger partial charge in [0.05, 0.1) is 17.7 Å². The number of nitrogens with one attached hydrogen (secondary N) is 1. The summed E-state index contributed by atoms with van der Waals surface area (Å²) in [5.74, 6) is 0.448. The number of nitrogens with zero attached hydrogens (tertiary/aromatic N) is 1. The third kappa shape index (κ3) is 5.78. The molecule has 2 amide bonds. The molecule has 0 saturated carbocycles. The summed E-state index contributed by atoms with van der Waals surface area (Å²) in [6.45, 7) is 3.84. The van der Waals surface area contributed by atoms with Gasteiger partial charge in [-0.1, -0.05) is 67.3 Å². The maximum absolute atomic E-state index is 13.1. The van der Waals surface area contributed by atoms with E-state index in [0.29, 0.717) is 20.7 Å². The van der Waals surface area contributed by atoms with Crippen LogP contribution in [0.5, 0.6) is 11.5 Å². The van der Waals surface area contributed by atoms with Gasteiger partial charge < -0.3 is 14.8 Å². The van der Waals surface area contributed by atoms with Crippen LogP contribution < -0.4 is 19.7 Å². The molecule has 0 radical (unpaired) electrons. The number of carbonyl (C=O) groups excluding carboxylic acids is 2. The molecule has 0 spiro atoms. The minimum atomic E-state index is -0.272. The topological polar surface area (TPSA) is 67.9 Å². The molecule has 1 fully saturated rings. The number of carbonyl (C=O) groups is 2. The van der Waals surface area contributed by atoms with Crippen molar-refractivity contribution < 1.29 is 19.1 Å². The summed E-state index contributed by atoms with van der Waals surface area (Å²) in [5, 5.41) is 2.84. The summed E-state index contributed by atoms with van der Waals surface area (Å²) in [7, 11) is 1.53. The van der Waals surface area contributed by atoms with Gasteiger partial charge in [-0.15, -0.1) is 0 Å². The van der Waals surface area contributed by atoms with Crippen LogP contribution in [0, 0.1) is 6.92 Å². The Balaban J connectivity index is 1.45. The van der Waals surface area contributed by atoms with E-state index in [1.807, 2.05) is 55.5 Å². The molecule has 184 valence electrons. The standard InChI is InChI=1S/C28H26N2O4S2/c1-4-19-9-12-21(13-10-19)30-27(32)25(36-28(30)35)16-20-11-14-23(24(15-20)33-3)34-17-26(31)29-22-8-6-5-7-18(22)2/h5-16H,4,17H2,1-3H3,(H,29,31)/b25-16-. The SMILES string of the molecule is CCc1ccc(N2C(=O)/C(=C/c3ccc(OCC(=O)Nc4ccccc4C)c(OC)c3)SC2=S)cc1. The summed E-state index contributed by atoms with van der Waals surface area (Å²) in [6, 6.07) is 20.7. The highest BCUT2D eigenvalue weighted by atomic mass is 32.2. The van der Waals surface area contributed by atoms with Crippen molar-refractivity contribution in [1.82, 2.24) is 0 Å². The van der Waals surface area contributed by atoms with Gasteiger partial charge in [0.2, 0.25) is 0 Å². The summed E-state index contributed by atoms with van der Waals surface area (Å²) in [4.78, 5) is 27.5. The Morgan fingerprint density at radius 1 is 1.08 bits per heavy atom.